The van der Waals surface area contributed by atoms with E-state index in [0.29, 0.717) is 24.2 Å². The monoisotopic (exact) mass is 248 g/mol. The standard InChI is InChI=1S/C14H20N2O2/c1-15(2)9-13(17)11-5-7-12(8-6-11)14(18)10-16(3)4/h5-8H,9-10H2,1-4H3. The Balaban J connectivity index is 2.74. The molecule has 4 nitrogen and oxygen atoms in total. The summed E-state index contributed by atoms with van der Waals surface area (Å²) in [4.78, 5) is 27.2. The summed E-state index contributed by atoms with van der Waals surface area (Å²) in [5.41, 5.74) is 1.29. The van der Waals surface area contributed by atoms with Gasteiger partial charge in [-0.15, -0.1) is 0 Å². The number of rotatable bonds is 6. The van der Waals surface area contributed by atoms with Crippen LogP contribution in [0.15, 0.2) is 24.3 Å². The van der Waals surface area contributed by atoms with Gasteiger partial charge in [-0.3, -0.25) is 9.59 Å². The summed E-state index contributed by atoms with van der Waals surface area (Å²) in [5, 5.41) is 0. The summed E-state index contributed by atoms with van der Waals surface area (Å²) >= 11 is 0. The highest BCUT2D eigenvalue weighted by atomic mass is 16.1. The van der Waals surface area contributed by atoms with Crippen molar-refractivity contribution in [3.63, 3.8) is 0 Å². The number of benzene rings is 1. The number of Topliss-reactive ketones (excluding diaryl/α,β-unsaturated/α-hetero) is 2. The number of carbonyl (C=O) groups is 2. The normalized spacial score (nSPS) is 11.0. The van der Waals surface area contributed by atoms with Gasteiger partial charge in [0.05, 0.1) is 13.1 Å². The third-order valence-corrected chi connectivity index (χ3v) is 2.45. The molecule has 18 heavy (non-hydrogen) atoms. The Morgan fingerprint density at radius 3 is 1.28 bits per heavy atom. The maximum atomic E-state index is 11.8. The topological polar surface area (TPSA) is 40.6 Å². The lowest BCUT2D eigenvalue weighted by atomic mass is 10.1. The minimum atomic E-state index is 0.0617. The van der Waals surface area contributed by atoms with Crippen LogP contribution in [-0.2, 0) is 0 Å². The minimum Gasteiger partial charge on any atom is -0.302 e. The van der Waals surface area contributed by atoms with Crippen molar-refractivity contribution in [3.05, 3.63) is 35.4 Å². The fourth-order valence-electron chi connectivity index (χ4n) is 1.60. The minimum absolute atomic E-state index is 0.0617. The van der Waals surface area contributed by atoms with Crippen molar-refractivity contribution in [1.82, 2.24) is 9.80 Å². The molecule has 0 saturated carbocycles. The van der Waals surface area contributed by atoms with Crippen molar-refractivity contribution in [2.45, 2.75) is 0 Å². The van der Waals surface area contributed by atoms with Crippen LogP contribution in [0.5, 0.6) is 0 Å². The van der Waals surface area contributed by atoms with E-state index in [4.69, 9.17) is 0 Å². The van der Waals surface area contributed by atoms with Crippen LogP contribution < -0.4 is 0 Å². The first-order valence-corrected chi connectivity index (χ1v) is 5.86. The molecule has 1 rings (SSSR count). The van der Waals surface area contributed by atoms with Crippen LogP contribution in [0.25, 0.3) is 0 Å². The van der Waals surface area contributed by atoms with Crippen molar-refractivity contribution in [2.24, 2.45) is 0 Å². The maximum absolute atomic E-state index is 11.8. The lowest BCUT2D eigenvalue weighted by Crippen LogP contribution is -2.22. The van der Waals surface area contributed by atoms with Gasteiger partial charge in [0.25, 0.3) is 0 Å². The van der Waals surface area contributed by atoms with E-state index < -0.39 is 0 Å². The number of nitrogens with zero attached hydrogens (tertiary/aromatic N) is 2. The van der Waals surface area contributed by atoms with Crippen LogP contribution in [0.3, 0.4) is 0 Å². The van der Waals surface area contributed by atoms with Crippen LogP contribution in [0, 0.1) is 0 Å². The van der Waals surface area contributed by atoms with Gasteiger partial charge in [0.2, 0.25) is 0 Å². The molecule has 1 aromatic carbocycles. The lowest BCUT2D eigenvalue weighted by molar-refractivity contribution is 0.0946. The zero-order chi connectivity index (χ0) is 13.7. The van der Waals surface area contributed by atoms with E-state index in [0.717, 1.165) is 0 Å². The second-order valence-electron chi connectivity index (χ2n) is 4.90. The van der Waals surface area contributed by atoms with Crippen molar-refractivity contribution in [1.29, 1.82) is 0 Å². The van der Waals surface area contributed by atoms with Crippen molar-refractivity contribution < 1.29 is 9.59 Å². The highest BCUT2D eigenvalue weighted by Gasteiger charge is 2.10. The van der Waals surface area contributed by atoms with Crippen LogP contribution in [-0.4, -0.2) is 62.6 Å². The molecular weight excluding hydrogens is 228 g/mol. The van der Waals surface area contributed by atoms with Crippen LogP contribution in [0.2, 0.25) is 0 Å². The second kappa shape index (κ2) is 6.42. The van der Waals surface area contributed by atoms with Gasteiger partial charge >= 0.3 is 0 Å². The molecule has 0 atom stereocenters. The van der Waals surface area contributed by atoms with E-state index in [1.54, 1.807) is 24.3 Å². The van der Waals surface area contributed by atoms with Crippen LogP contribution >= 0.6 is 0 Å². The molecule has 0 aromatic heterocycles. The summed E-state index contributed by atoms with van der Waals surface area (Å²) in [6.07, 6.45) is 0. The molecule has 0 spiro atoms. The first kappa shape index (κ1) is 14.5. The highest BCUT2D eigenvalue weighted by molar-refractivity contribution is 6.00. The number of carbonyl (C=O) groups excluding carboxylic acids is 2. The lowest BCUT2D eigenvalue weighted by Gasteiger charge is -2.10. The average molecular weight is 248 g/mol. The van der Waals surface area contributed by atoms with Gasteiger partial charge < -0.3 is 9.80 Å². The number of hydrogen-bond donors (Lipinski definition) is 0. The van der Waals surface area contributed by atoms with Crippen LogP contribution in [0.4, 0.5) is 0 Å². The molecule has 0 aliphatic rings. The average Bonchev–Trinajstić information content (AvgIpc) is 2.27. The van der Waals surface area contributed by atoms with Crippen molar-refractivity contribution in [3.8, 4) is 0 Å². The Kier molecular flexibility index (Phi) is 5.19. The smallest absolute Gasteiger partial charge is 0.176 e. The predicted octanol–water partition coefficient (Wildman–Crippen LogP) is 1.18. The summed E-state index contributed by atoms with van der Waals surface area (Å²) in [6, 6.07) is 6.87. The Hall–Kier alpha value is -1.52. The molecule has 1 aromatic rings. The number of hydrogen-bond acceptors (Lipinski definition) is 4. The molecule has 0 radical (unpaired) electrons. The van der Waals surface area contributed by atoms with Gasteiger partial charge in [-0.05, 0) is 28.2 Å². The third kappa shape index (κ3) is 4.39. The molecule has 0 amide bonds. The largest absolute Gasteiger partial charge is 0.302 e. The van der Waals surface area contributed by atoms with Crippen molar-refractivity contribution in [2.75, 3.05) is 41.3 Å². The van der Waals surface area contributed by atoms with E-state index in [9.17, 15) is 9.59 Å². The number of ketones is 2. The highest BCUT2D eigenvalue weighted by Crippen LogP contribution is 2.07. The molecule has 0 fully saturated rings. The molecule has 4 heteroatoms. The SMILES string of the molecule is CN(C)CC(=O)c1ccc(C(=O)CN(C)C)cc1. The summed E-state index contributed by atoms with van der Waals surface area (Å²) in [7, 11) is 7.42. The Labute approximate surface area is 108 Å². The van der Waals surface area contributed by atoms with Gasteiger partial charge in [-0.25, -0.2) is 0 Å². The molecule has 0 unspecified atom stereocenters. The summed E-state index contributed by atoms with van der Waals surface area (Å²) in [6.45, 7) is 0.760. The van der Waals surface area contributed by atoms with E-state index in [1.165, 1.54) is 0 Å². The molecule has 0 N–H and O–H groups in total. The second-order valence-corrected chi connectivity index (χ2v) is 4.90. The van der Waals surface area contributed by atoms with E-state index in [2.05, 4.69) is 0 Å². The van der Waals surface area contributed by atoms with E-state index >= 15 is 0 Å². The first-order chi connectivity index (χ1) is 8.40. The molecule has 0 aliphatic heterocycles. The van der Waals surface area contributed by atoms with Gasteiger partial charge in [0.1, 0.15) is 0 Å². The van der Waals surface area contributed by atoms with E-state index in [-0.39, 0.29) is 11.6 Å². The van der Waals surface area contributed by atoms with Gasteiger partial charge in [-0.2, -0.15) is 0 Å². The molecular formula is C14H20N2O2. The van der Waals surface area contributed by atoms with E-state index in [1.807, 2.05) is 38.0 Å². The third-order valence-electron chi connectivity index (χ3n) is 2.45. The van der Waals surface area contributed by atoms with Crippen LogP contribution in [0.1, 0.15) is 20.7 Å². The zero-order valence-corrected chi connectivity index (χ0v) is 11.4. The predicted molar refractivity (Wildman–Crippen MR) is 72.2 cm³/mol. The van der Waals surface area contributed by atoms with Crippen molar-refractivity contribution >= 4 is 11.6 Å². The van der Waals surface area contributed by atoms with Gasteiger partial charge in [0, 0.05) is 11.1 Å². The maximum Gasteiger partial charge on any atom is 0.176 e. The fraction of sp³-hybridized carbons (Fsp3) is 0.429. The van der Waals surface area contributed by atoms with Gasteiger partial charge in [0.15, 0.2) is 11.6 Å². The number of likely N-dealkylation sites (N-methyl/N-ethyl adjacent to an activating group) is 2. The summed E-state index contributed by atoms with van der Waals surface area (Å²) in [5.74, 6) is 0.123. The molecule has 0 heterocycles. The van der Waals surface area contributed by atoms with Gasteiger partial charge in [-0.1, -0.05) is 24.3 Å². The summed E-state index contributed by atoms with van der Waals surface area (Å²) < 4.78 is 0. The Bertz CT molecular complexity index is 381. The zero-order valence-electron chi connectivity index (χ0n) is 11.4. The Morgan fingerprint density at radius 2 is 1.06 bits per heavy atom. The molecule has 0 bridgehead atoms. The molecule has 98 valence electrons. The fourth-order valence-corrected chi connectivity index (χ4v) is 1.60. The quantitative estimate of drug-likeness (QED) is 0.709. The molecule has 0 aliphatic carbocycles. The molecule has 0 saturated heterocycles. The Morgan fingerprint density at radius 1 is 0.778 bits per heavy atom. The first-order valence-electron chi connectivity index (χ1n) is 5.86.